The molecule has 3 rings (SSSR count). The van der Waals surface area contributed by atoms with Gasteiger partial charge in [-0.25, -0.2) is 4.98 Å². The zero-order valence-corrected chi connectivity index (χ0v) is 19.4. The van der Waals surface area contributed by atoms with Gasteiger partial charge in [-0.15, -0.1) is 0 Å². The summed E-state index contributed by atoms with van der Waals surface area (Å²) in [4.78, 5) is 21.5. The van der Waals surface area contributed by atoms with Crippen LogP contribution in [-0.2, 0) is 17.8 Å². The van der Waals surface area contributed by atoms with E-state index in [1.807, 2.05) is 24.3 Å². The first-order valence-corrected chi connectivity index (χ1v) is 11.3. The lowest BCUT2D eigenvalue weighted by Gasteiger charge is -2.30. The van der Waals surface area contributed by atoms with Gasteiger partial charge in [-0.05, 0) is 30.5 Å². The van der Waals surface area contributed by atoms with E-state index in [4.69, 9.17) is 20.8 Å². The molecular weight excluding hydrogens is 416 g/mol. The molecule has 1 N–H and O–H groups in total. The van der Waals surface area contributed by atoms with E-state index in [0.29, 0.717) is 36.6 Å². The number of hydrogen-bond acceptors (Lipinski definition) is 6. The van der Waals surface area contributed by atoms with E-state index in [0.717, 1.165) is 44.4 Å². The summed E-state index contributed by atoms with van der Waals surface area (Å²) in [5.41, 5.74) is 1.49. The topological polar surface area (TPSA) is 70.8 Å². The minimum atomic E-state index is -0.204. The molecule has 1 atom stereocenters. The molecule has 1 saturated heterocycles. The van der Waals surface area contributed by atoms with Gasteiger partial charge < -0.3 is 14.5 Å². The maximum atomic E-state index is 12.4. The Labute approximate surface area is 189 Å². The van der Waals surface area contributed by atoms with Crippen LogP contribution in [-0.4, -0.2) is 66.1 Å². The third-order valence-electron chi connectivity index (χ3n) is 5.78. The van der Waals surface area contributed by atoms with E-state index in [2.05, 4.69) is 40.9 Å². The van der Waals surface area contributed by atoms with Crippen LogP contribution in [0.2, 0.25) is 5.02 Å². The fraction of sp³-hybridized carbons (Fsp3) is 0.565. The van der Waals surface area contributed by atoms with Crippen LogP contribution in [0, 0.1) is 5.92 Å². The lowest BCUT2D eigenvalue weighted by Crippen LogP contribution is -2.41. The van der Waals surface area contributed by atoms with E-state index in [1.165, 1.54) is 11.8 Å². The molecule has 2 aromatic rings. The van der Waals surface area contributed by atoms with Crippen molar-refractivity contribution in [2.75, 3.05) is 39.4 Å². The molecule has 1 aromatic carbocycles. The van der Waals surface area contributed by atoms with Gasteiger partial charge in [-0.3, -0.25) is 14.6 Å². The fourth-order valence-electron chi connectivity index (χ4n) is 3.49. The van der Waals surface area contributed by atoms with Crippen molar-refractivity contribution in [1.82, 2.24) is 20.1 Å². The Morgan fingerprint density at radius 2 is 1.90 bits per heavy atom. The predicted octanol–water partition coefficient (Wildman–Crippen LogP) is 3.44. The molecule has 0 saturated carbocycles. The van der Waals surface area contributed by atoms with E-state index in [1.54, 1.807) is 0 Å². The molecule has 0 bridgehead atoms. The summed E-state index contributed by atoms with van der Waals surface area (Å²) in [5, 5.41) is 3.66. The zero-order chi connectivity index (χ0) is 22.2. The first-order valence-electron chi connectivity index (χ1n) is 10.9. The van der Waals surface area contributed by atoms with Crippen molar-refractivity contribution in [2.24, 2.45) is 5.92 Å². The number of oxazole rings is 1. The Balaban J connectivity index is 1.56. The first kappa shape index (κ1) is 23.7. The Bertz CT molecular complexity index is 818. The SMILES string of the molecule is CC(C)[C@@H](C)N(Cc1ccc(Cl)cc1)Cc1nc(C(=O)NCCN2CCOCC2)co1. The summed E-state index contributed by atoms with van der Waals surface area (Å²) in [5.74, 6) is 0.800. The number of halogens is 1. The van der Waals surface area contributed by atoms with Gasteiger partial charge >= 0.3 is 0 Å². The molecule has 31 heavy (non-hydrogen) atoms. The second-order valence-electron chi connectivity index (χ2n) is 8.35. The number of carbonyl (C=O) groups excluding carboxylic acids is 1. The van der Waals surface area contributed by atoms with Gasteiger partial charge in [-0.2, -0.15) is 0 Å². The van der Waals surface area contributed by atoms with Gasteiger partial charge in [0, 0.05) is 43.8 Å². The van der Waals surface area contributed by atoms with Crippen molar-refractivity contribution in [3.63, 3.8) is 0 Å². The van der Waals surface area contributed by atoms with Crippen LogP contribution in [0.15, 0.2) is 34.9 Å². The molecule has 0 unspecified atom stereocenters. The number of rotatable bonds is 10. The molecule has 170 valence electrons. The van der Waals surface area contributed by atoms with E-state index >= 15 is 0 Å². The predicted molar refractivity (Wildman–Crippen MR) is 121 cm³/mol. The Kier molecular flexibility index (Phi) is 8.90. The molecule has 1 fully saturated rings. The standard InChI is InChI=1S/C23H33ClN4O3/c1-17(2)18(3)28(14-19-4-6-20(24)7-5-19)15-22-26-21(16-31-22)23(29)25-8-9-27-10-12-30-13-11-27/h4-7,16-18H,8-15H2,1-3H3,(H,25,29)/t18-/m1/s1. The number of nitrogens with one attached hydrogen (secondary N) is 1. The van der Waals surface area contributed by atoms with Crippen LogP contribution >= 0.6 is 11.6 Å². The number of nitrogens with zero attached hydrogens (tertiary/aromatic N) is 3. The molecule has 1 amide bonds. The maximum Gasteiger partial charge on any atom is 0.273 e. The highest BCUT2D eigenvalue weighted by atomic mass is 35.5. The zero-order valence-electron chi connectivity index (χ0n) is 18.6. The molecule has 2 heterocycles. The summed E-state index contributed by atoms with van der Waals surface area (Å²) >= 11 is 6.02. The van der Waals surface area contributed by atoms with Gasteiger partial charge in [-0.1, -0.05) is 37.6 Å². The molecule has 0 aliphatic carbocycles. The van der Waals surface area contributed by atoms with Crippen LogP contribution in [0.25, 0.3) is 0 Å². The van der Waals surface area contributed by atoms with Gasteiger partial charge in [0.25, 0.3) is 5.91 Å². The van der Waals surface area contributed by atoms with Crippen molar-refractivity contribution in [3.8, 4) is 0 Å². The average Bonchev–Trinajstić information content (AvgIpc) is 3.23. The van der Waals surface area contributed by atoms with Crippen molar-refractivity contribution in [1.29, 1.82) is 0 Å². The summed E-state index contributed by atoms with van der Waals surface area (Å²) in [7, 11) is 0. The third kappa shape index (κ3) is 7.31. The second-order valence-corrected chi connectivity index (χ2v) is 8.79. The monoisotopic (exact) mass is 448 g/mol. The molecule has 1 aliphatic rings. The molecule has 0 radical (unpaired) electrons. The number of morpholine rings is 1. The fourth-order valence-corrected chi connectivity index (χ4v) is 3.62. The summed E-state index contributed by atoms with van der Waals surface area (Å²) in [6.45, 7) is 12.6. The molecule has 7 nitrogen and oxygen atoms in total. The molecule has 0 spiro atoms. The van der Waals surface area contributed by atoms with E-state index < -0.39 is 0 Å². The van der Waals surface area contributed by atoms with Crippen molar-refractivity contribution in [3.05, 3.63) is 52.7 Å². The number of aromatic nitrogens is 1. The number of hydrogen-bond donors (Lipinski definition) is 1. The minimum absolute atomic E-state index is 0.204. The van der Waals surface area contributed by atoms with Gasteiger partial charge in [0.05, 0.1) is 19.8 Å². The number of ether oxygens (including phenoxy) is 1. The highest BCUT2D eigenvalue weighted by Crippen LogP contribution is 2.19. The van der Waals surface area contributed by atoms with Gasteiger partial charge in [0.2, 0.25) is 5.89 Å². The van der Waals surface area contributed by atoms with Gasteiger partial charge in [0.1, 0.15) is 6.26 Å². The molecule has 8 heteroatoms. The van der Waals surface area contributed by atoms with Crippen molar-refractivity contribution >= 4 is 17.5 Å². The Morgan fingerprint density at radius 1 is 1.19 bits per heavy atom. The highest BCUT2D eigenvalue weighted by Gasteiger charge is 2.21. The highest BCUT2D eigenvalue weighted by molar-refractivity contribution is 6.30. The lowest BCUT2D eigenvalue weighted by molar-refractivity contribution is 0.0383. The minimum Gasteiger partial charge on any atom is -0.447 e. The normalized spacial score (nSPS) is 16.1. The molecular formula is C23H33ClN4O3. The second kappa shape index (κ2) is 11.6. The first-order chi connectivity index (χ1) is 14.9. The van der Waals surface area contributed by atoms with Crippen molar-refractivity contribution in [2.45, 2.75) is 39.9 Å². The van der Waals surface area contributed by atoms with Crippen LogP contribution in [0.3, 0.4) is 0 Å². The lowest BCUT2D eigenvalue weighted by atomic mass is 10.0. The van der Waals surface area contributed by atoms with Crippen LogP contribution in [0.4, 0.5) is 0 Å². The van der Waals surface area contributed by atoms with Gasteiger partial charge in [0.15, 0.2) is 5.69 Å². The van der Waals surface area contributed by atoms with Crippen LogP contribution < -0.4 is 5.32 Å². The average molecular weight is 449 g/mol. The summed E-state index contributed by atoms with van der Waals surface area (Å²) in [6, 6.07) is 8.18. The largest absolute Gasteiger partial charge is 0.447 e. The maximum absolute atomic E-state index is 12.4. The number of benzene rings is 1. The smallest absolute Gasteiger partial charge is 0.273 e. The summed E-state index contributed by atoms with van der Waals surface area (Å²) in [6.07, 6.45) is 1.44. The molecule has 1 aromatic heterocycles. The Morgan fingerprint density at radius 3 is 2.58 bits per heavy atom. The third-order valence-corrected chi connectivity index (χ3v) is 6.03. The Hall–Kier alpha value is -1.93. The number of amides is 1. The molecule has 1 aliphatic heterocycles. The van der Waals surface area contributed by atoms with Crippen LogP contribution in [0.1, 0.15) is 42.7 Å². The van der Waals surface area contributed by atoms with E-state index in [9.17, 15) is 4.79 Å². The number of carbonyl (C=O) groups is 1. The van der Waals surface area contributed by atoms with E-state index in [-0.39, 0.29) is 5.91 Å². The summed E-state index contributed by atoms with van der Waals surface area (Å²) < 4.78 is 11.0. The quantitative estimate of drug-likeness (QED) is 0.600. The van der Waals surface area contributed by atoms with Crippen molar-refractivity contribution < 1.29 is 13.9 Å². The van der Waals surface area contributed by atoms with Crippen LogP contribution in [0.5, 0.6) is 0 Å².